The quantitative estimate of drug-likeness (QED) is 0.453. The van der Waals surface area contributed by atoms with Crippen LogP contribution in [0.3, 0.4) is 0 Å². The number of amides is 1. The standard InChI is InChI=1S/C19H31N5OS/c1-3-18(25)24-12-10-14(13-24)22-19(20-2)21-11-6-9-17-23-15-7-4-5-8-16(15)26-17/h14H,3-13H2,1-2H3,(H2,20,21,22). The number of hydrogen-bond donors (Lipinski definition) is 2. The molecule has 1 unspecified atom stereocenters. The maximum Gasteiger partial charge on any atom is 0.222 e. The summed E-state index contributed by atoms with van der Waals surface area (Å²) >= 11 is 1.91. The van der Waals surface area contributed by atoms with E-state index in [1.807, 2.05) is 23.2 Å². The average Bonchev–Trinajstić information content (AvgIpc) is 3.29. The molecule has 2 N–H and O–H groups in total. The summed E-state index contributed by atoms with van der Waals surface area (Å²) in [4.78, 5) is 24.4. The molecular weight excluding hydrogens is 346 g/mol. The van der Waals surface area contributed by atoms with Crippen LogP contribution in [0.5, 0.6) is 0 Å². The van der Waals surface area contributed by atoms with Gasteiger partial charge >= 0.3 is 0 Å². The van der Waals surface area contributed by atoms with Gasteiger partial charge in [-0.1, -0.05) is 6.92 Å². The third kappa shape index (κ3) is 4.96. The average molecular weight is 378 g/mol. The van der Waals surface area contributed by atoms with Gasteiger partial charge in [0.2, 0.25) is 5.91 Å². The van der Waals surface area contributed by atoms with Crippen molar-refractivity contribution in [3.05, 3.63) is 15.6 Å². The number of likely N-dealkylation sites (tertiary alicyclic amines) is 1. The molecule has 0 radical (unpaired) electrons. The number of carbonyl (C=O) groups is 1. The van der Waals surface area contributed by atoms with E-state index in [0.717, 1.165) is 44.9 Å². The highest BCUT2D eigenvalue weighted by Crippen LogP contribution is 2.27. The van der Waals surface area contributed by atoms with Crippen LogP contribution in [0.1, 0.15) is 54.6 Å². The van der Waals surface area contributed by atoms with Crippen LogP contribution in [0, 0.1) is 0 Å². The van der Waals surface area contributed by atoms with Crippen molar-refractivity contribution in [2.75, 3.05) is 26.7 Å². The van der Waals surface area contributed by atoms with Crippen LogP contribution >= 0.6 is 11.3 Å². The number of carbonyl (C=O) groups excluding carboxylic acids is 1. The van der Waals surface area contributed by atoms with Crippen LogP contribution in [0.2, 0.25) is 0 Å². The van der Waals surface area contributed by atoms with E-state index in [2.05, 4.69) is 15.6 Å². The number of aromatic nitrogens is 1. The maximum absolute atomic E-state index is 11.8. The van der Waals surface area contributed by atoms with Gasteiger partial charge in [-0.2, -0.15) is 0 Å². The Morgan fingerprint density at radius 2 is 2.23 bits per heavy atom. The van der Waals surface area contributed by atoms with Gasteiger partial charge in [0, 0.05) is 50.4 Å². The molecule has 7 heteroatoms. The minimum absolute atomic E-state index is 0.239. The normalized spacial score (nSPS) is 20.2. The maximum atomic E-state index is 11.8. The Balaban J connectivity index is 1.37. The molecule has 144 valence electrons. The smallest absolute Gasteiger partial charge is 0.222 e. The molecule has 0 saturated carbocycles. The topological polar surface area (TPSA) is 69.6 Å². The molecule has 1 saturated heterocycles. The first-order chi connectivity index (χ1) is 12.7. The van der Waals surface area contributed by atoms with E-state index in [0.29, 0.717) is 12.5 Å². The van der Waals surface area contributed by atoms with Gasteiger partial charge in [-0.05, 0) is 38.5 Å². The van der Waals surface area contributed by atoms with Crippen LogP contribution in [0.4, 0.5) is 0 Å². The van der Waals surface area contributed by atoms with Crippen LogP contribution in [-0.2, 0) is 24.1 Å². The fourth-order valence-corrected chi connectivity index (χ4v) is 4.87. The molecule has 1 amide bonds. The lowest BCUT2D eigenvalue weighted by Crippen LogP contribution is -2.45. The van der Waals surface area contributed by atoms with Crippen molar-refractivity contribution in [3.8, 4) is 0 Å². The molecule has 1 aromatic rings. The zero-order chi connectivity index (χ0) is 18.4. The summed E-state index contributed by atoms with van der Waals surface area (Å²) in [7, 11) is 1.80. The van der Waals surface area contributed by atoms with Crippen molar-refractivity contribution >= 4 is 23.2 Å². The third-order valence-corrected chi connectivity index (χ3v) is 6.37. The highest BCUT2D eigenvalue weighted by Gasteiger charge is 2.25. The number of rotatable bonds is 6. The van der Waals surface area contributed by atoms with Gasteiger partial charge in [0.25, 0.3) is 0 Å². The van der Waals surface area contributed by atoms with Gasteiger partial charge in [-0.3, -0.25) is 9.79 Å². The van der Waals surface area contributed by atoms with Crippen molar-refractivity contribution in [2.24, 2.45) is 4.99 Å². The number of guanidine groups is 1. The molecule has 1 aliphatic heterocycles. The highest BCUT2D eigenvalue weighted by molar-refractivity contribution is 7.11. The van der Waals surface area contributed by atoms with Crippen molar-refractivity contribution in [3.63, 3.8) is 0 Å². The van der Waals surface area contributed by atoms with E-state index < -0.39 is 0 Å². The third-order valence-electron chi connectivity index (χ3n) is 5.16. The summed E-state index contributed by atoms with van der Waals surface area (Å²) in [6, 6.07) is 0.294. The van der Waals surface area contributed by atoms with E-state index in [-0.39, 0.29) is 5.91 Å². The van der Waals surface area contributed by atoms with Gasteiger partial charge < -0.3 is 15.5 Å². The summed E-state index contributed by atoms with van der Waals surface area (Å²) in [5, 5.41) is 8.13. The molecule has 6 nitrogen and oxygen atoms in total. The van der Waals surface area contributed by atoms with Crippen molar-refractivity contribution in [1.29, 1.82) is 0 Å². The second kappa shape index (κ2) is 9.35. The predicted molar refractivity (Wildman–Crippen MR) is 107 cm³/mol. The molecule has 26 heavy (non-hydrogen) atoms. The van der Waals surface area contributed by atoms with Crippen molar-refractivity contribution in [2.45, 2.75) is 64.3 Å². The van der Waals surface area contributed by atoms with Crippen molar-refractivity contribution in [1.82, 2.24) is 20.5 Å². The number of hydrogen-bond acceptors (Lipinski definition) is 4. The first kappa shape index (κ1) is 19.1. The Hall–Kier alpha value is -1.63. The second-order valence-electron chi connectivity index (χ2n) is 7.11. The minimum Gasteiger partial charge on any atom is -0.356 e. The summed E-state index contributed by atoms with van der Waals surface area (Å²) in [6.45, 7) is 4.42. The highest BCUT2D eigenvalue weighted by atomic mass is 32.1. The van der Waals surface area contributed by atoms with Gasteiger partial charge in [-0.15, -0.1) is 11.3 Å². The number of aliphatic imine (C=N–C) groups is 1. The Morgan fingerprint density at radius 3 is 3.00 bits per heavy atom. The lowest BCUT2D eigenvalue weighted by Gasteiger charge is -2.18. The molecule has 3 rings (SSSR count). The van der Waals surface area contributed by atoms with E-state index in [1.54, 1.807) is 7.05 Å². The van der Waals surface area contributed by atoms with Gasteiger partial charge in [0.15, 0.2) is 5.96 Å². The van der Waals surface area contributed by atoms with E-state index in [4.69, 9.17) is 4.98 Å². The lowest BCUT2D eigenvalue weighted by molar-refractivity contribution is -0.129. The Kier molecular flexibility index (Phi) is 6.88. The molecule has 1 atom stereocenters. The molecule has 2 heterocycles. The summed E-state index contributed by atoms with van der Waals surface area (Å²) in [5.74, 6) is 1.07. The minimum atomic E-state index is 0.239. The molecule has 1 fully saturated rings. The van der Waals surface area contributed by atoms with E-state index in [9.17, 15) is 4.79 Å². The van der Waals surface area contributed by atoms with Gasteiger partial charge in [-0.25, -0.2) is 4.98 Å². The fourth-order valence-electron chi connectivity index (χ4n) is 3.68. The number of thiazole rings is 1. The Labute approximate surface area is 160 Å². The number of aryl methyl sites for hydroxylation is 3. The zero-order valence-electron chi connectivity index (χ0n) is 16.0. The fraction of sp³-hybridized carbons (Fsp3) is 0.737. The molecule has 0 aromatic carbocycles. The first-order valence-electron chi connectivity index (χ1n) is 9.92. The monoisotopic (exact) mass is 377 g/mol. The molecule has 1 aliphatic carbocycles. The zero-order valence-corrected chi connectivity index (χ0v) is 16.8. The molecular formula is C19H31N5OS. The summed E-state index contributed by atoms with van der Waals surface area (Å²) < 4.78 is 0. The summed E-state index contributed by atoms with van der Waals surface area (Å²) in [6.07, 6.45) is 8.65. The Morgan fingerprint density at radius 1 is 1.38 bits per heavy atom. The SMILES string of the molecule is CCC(=O)N1CCC(NC(=NC)NCCCc2nc3c(s2)CCCC3)C1. The lowest BCUT2D eigenvalue weighted by atomic mass is 10.0. The Bertz CT molecular complexity index is 618. The molecule has 1 aromatic heterocycles. The molecule has 2 aliphatic rings. The van der Waals surface area contributed by atoms with Crippen molar-refractivity contribution < 1.29 is 4.79 Å². The molecule has 0 spiro atoms. The van der Waals surface area contributed by atoms with E-state index >= 15 is 0 Å². The number of fused-ring (bicyclic) bond motifs is 1. The number of nitrogens with zero attached hydrogens (tertiary/aromatic N) is 3. The van der Waals surface area contributed by atoms with Crippen LogP contribution < -0.4 is 10.6 Å². The van der Waals surface area contributed by atoms with Gasteiger partial charge in [0.05, 0.1) is 10.7 Å². The number of nitrogens with one attached hydrogen (secondary N) is 2. The van der Waals surface area contributed by atoms with E-state index in [1.165, 1.54) is 41.3 Å². The van der Waals surface area contributed by atoms with Crippen LogP contribution in [0.25, 0.3) is 0 Å². The largest absolute Gasteiger partial charge is 0.356 e. The molecule has 0 bridgehead atoms. The second-order valence-corrected chi connectivity index (χ2v) is 8.28. The predicted octanol–water partition coefficient (Wildman–Crippen LogP) is 2.13. The summed E-state index contributed by atoms with van der Waals surface area (Å²) in [5.41, 5.74) is 1.36. The van der Waals surface area contributed by atoms with Crippen LogP contribution in [0.15, 0.2) is 4.99 Å². The van der Waals surface area contributed by atoms with Gasteiger partial charge in [0.1, 0.15) is 0 Å². The first-order valence-corrected chi connectivity index (χ1v) is 10.7. The van der Waals surface area contributed by atoms with Crippen LogP contribution in [-0.4, -0.2) is 54.5 Å².